The van der Waals surface area contributed by atoms with Crippen molar-refractivity contribution < 1.29 is 0 Å². The van der Waals surface area contributed by atoms with Crippen molar-refractivity contribution in [1.29, 1.82) is 0 Å². The van der Waals surface area contributed by atoms with Gasteiger partial charge in [0.05, 0.1) is 16.4 Å². The first-order valence-corrected chi connectivity index (χ1v) is 10.9. The highest BCUT2D eigenvalue weighted by molar-refractivity contribution is 7.15. The predicted octanol–water partition coefficient (Wildman–Crippen LogP) is 4.80. The van der Waals surface area contributed by atoms with Crippen LogP contribution < -0.4 is 10.6 Å². The summed E-state index contributed by atoms with van der Waals surface area (Å²) in [7, 11) is 0. The van der Waals surface area contributed by atoms with Gasteiger partial charge in [0.15, 0.2) is 5.13 Å². The fraction of sp³-hybridized carbons (Fsp3) is 0.318. The fourth-order valence-electron chi connectivity index (χ4n) is 3.74. The lowest BCUT2D eigenvalue weighted by Gasteiger charge is -2.36. The summed E-state index contributed by atoms with van der Waals surface area (Å²) < 4.78 is 0. The Morgan fingerprint density at radius 1 is 0.964 bits per heavy atom. The molecule has 0 aliphatic carbocycles. The standard InChI is InChI=1S/C22H25ClN4S/c23-18-9-4-5-10-19(18)27-15-13-26(14-16-27)12-6-11-20-21(25-22(24)28-20)17-7-2-1-3-8-17/h1-5,7-10H,6,11-16H2,(H2,24,25). The Labute approximate surface area is 175 Å². The molecular formula is C22H25ClN4S. The summed E-state index contributed by atoms with van der Waals surface area (Å²) in [6.07, 6.45) is 2.14. The molecule has 0 radical (unpaired) electrons. The van der Waals surface area contributed by atoms with Crippen LogP contribution >= 0.6 is 22.9 Å². The van der Waals surface area contributed by atoms with Crippen LogP contribution in [0.25, 0.3) is 11.3 Å². The number of thiazole rings is 1. The minimum absolute atomic E-state index is 0.655. The number of para-hydroxylation sites is 1. The number of nitrogens with zero attached hydrogens (tertiary/aromatic N) is 3. The lowest BCUT2D eigenvalue weighted by Crippen LogP contribution is -2.46. The Bertz CT molecular complexity index is 904. The average Bonchev–Trinajstić information content (AvgIpc) is 3.10. The van der Waals surface area contributed by atoms with Gasteiger partial charge in [-0.25, -0.2) is 4.98 Å². The zero-order valence-electron chi connectivity index (χ0n) is 15.9. The Kier molecular flexibility index (Phi) is 6.15. The summed E-state index contributed by atoms with van der Waals surface area (Å²) >= 11 is 7.96. The number of nitrogens with two attached hydrogens (primary N) is 1. The van der Waals surface area contributed by atoms with E-state index in [0.717, 1.165) is 67.5 Å². The van der Waals surface area contributed by atoms with Crippen molar-refractivity contribution in [2.24, 2.45) is 0 Å². The van der Waals surface area contributed by atoms with E-state index < -0.39 is 0 Å². The van der Waals surface area contributed by atoms with Crippen molar-refractivity contribution in [1.82, 2.24) is 9.88 Å². The maximum Gasteiger partial charge on any atom is 0.180 e. The van der Waals surface area contributed by atoms with Crippen LogP contribution in [0.15, 0.2) is 54.6 Å². The van der Waals surface area contributed by atoms with Gasteiger partial charge < -0.3 is 10.6 Å². The molecule has 4 nitrogen and oxygen atoms in total. The monoisotopic (exact) mass is 412 g/mol. The Morgan fingerprint density at radius 3 is 2.43 bits per heavy atom. The van der Waals surface area contributed by atoms with E-state index in [1.807, 2.05) is 30.3 Å². The van der Waals surface area contributed by atoms with Gasteiger partial charge in [0.1, 0.15) is 0 Å². The molecule has 1 aliphatic rings. The van der Waals surface area contributed by atoms with Crippen molar-refractivity contribution in [2.45, 2.75) is 12.8 Å². The third-order valence-corrected chi connectivity index (χ3v) is 6.47. The third-order valence-electron chi connectivity index (χ3n) is 5.20. The molecule has 2 aromatic carbocycles. The van der Waals surface area contributed by atoms with Gasteiger partial charge in [-0.2, -0.15) is 0 Å². The highest BCUT2D eigenvalue weighted by Crippen LogP contribution is 2.31. The number of benzene rings is 2. The number of hydrogen-bond acceptors (Lipinski definition) is 5. The first-order valence-electron chi connectivity index (χ1n) is 9.73. The second kappa shape index (κ2) is 8.95. The number of aryl methyl sites for hydroxylation is 1. The van der Waals surface area contributed by atoms with Gasteiger partial charge in [-0.15, -0.1) is 11.3 Å². The fourth-order valence-corrected chi connectivity index (χ4v) is 4.90. The average molecular weight is 413 g/mol. The van der Waals surface area contributed by atoms with Gasteiger partial charge in [0.25, 0.3) is 0 Å². The molecule has 0 unspecified atom stereocenters. The largest absolute Gasteiger partial charge is 0.375 e. The Morgan fingerprint density at radius 2 is 1.68 bits per heavy atom. The number of hydrogen-bond donors (Lipinski definition) is 1. The molecular weight excluding hydrogens is 388 g/mol. The van der Waals surface area contributed by atoms with Crippen LogP contribution in [0.1, 0.15) is 11.3 Å². The molecule has 0 spiro atoms. The molecule has 0 saturated carbocycles. The van der Waals surface area contributed by atoms with Gasteiger partial charge in [0, 0.05) is 36.6 Å². The number of piperazine rings is 1. The highest BCUT2D eigenvalue weighted by Gasteiger charge is 2.19. The predicted molar refractivity (Wildman–Crippen MR) is 120 cm³/mol. The smallest absolute Gasteiger partial charge is 0.180 e. The molecule has 0 atom stereocenters. The van der Waals surface area contributed by atoms with Gasteiger partial charge in [-0.3, -0.25) is 4.90 Å². The van der Waals surface area contributed by atoms with Crippen LogP contribution in [-0.2, 0) is 6.42 Å². The summed E-state index contributed by atoms with van der Waals surface area (Å²) in [6.45, 7) is 5.28. The van der Waals surface area contributed by atoms with Crippen LogP contribution in [0.3, 0.4) is 0 Å². The van der Waals surface area contributed by atoms with Crippen molar-refractivity contribution >= 4 is 33.8 Å². The summed E-state index contributed by atoms with van der Waals surface area (Å²) in [5, 5.41) is 1.49. The number of rotatable bonds is 6. The molecule has 6 heteroatoms. The molecule has 1 aliphatic heterocycles. The molecule has 2 heterocycles. The summed E-state index contributed by atoms with van der Waals surface area (Å²) in [5.74, 6) is 0. The molecule has 1 saturated heterocycles. The highest BCUT2D eigenvalue weighted by atomic mass is 35.5. The molecule has 1 fully saturated rings. The van der Waals surface area contributed by atoms with Crippen LogP contribution in [-0.4, -0.2) is 42.6 Å². The van der Waals surface area contributed by atoms with E-state index in [4.69, 9.17) is 17.3 Å². The van der Waals surface area contributed by atoms with Crippen molar-refractivity contribution in [3.05, 3.63) is 64.5 Å². The van der Waals surface area contributed by atoms with Gasteiger partial charge in [-0.05, 0) is 31.5 Å². The van der Waals surface area contributed by atoms with Crippen LogP contribution in [0.2, 0.25) is 5.02 Å². The van der Waals surface area contributed by atoms with Crippen molar-refractivity contribution in [2.75, 3.05) is 43.4 Å². The maximum atomic E-state index is 6.34. The zero-order valence-corrected chi connectivity index (χ0v) is 17.4. The molecule has 4 rings (SSSR count). The minimum Gasteiger partial charge on any atom is -0.375 e. The van der Waals surface area contributed by atoms with Crippen LogP contribution in [0.5, 0.6) is 0 Å². The van der Waals surface area contributed by atoms with E-state index in [1.165, 1.54) is 4.88 Å². The van der Waals surface area contributed by atoms with Crippen LogP contribution in [0, 0.1) is 0 Å². The first kappa shape index (κ1) is 19.2. The lowest BCUT2D eigenvalue weighted by molar-refractivity contribution is 0.255. The van der Waals surface area contributed by atoms with Gasteiger partial charge >= 0.3 is 0 Å². The van der Waals surface area contributed by atoms with E-state index >= 15 is 0 Å². The molecule has 0 bridgehead atoms. The third kappa shape index (κ3) is 4.49. The molecule has 28 heavy (non-hydrogen) atoms. The number of halogens is 1. The van der Waals surface area contributed by atoms with E-state index in [2.05, 4.69) is 39.0 Å². The summed E-state index contributed by atoms with van der Waals surface area (Å²) in [6, 6.07) is 18.4. The maximum absolute atomic E-state index is 6.34. The quantitative estimate of drug-likeness (QED) is 0.631. The summed E-state index contributed by atoms with van der Waals surface area (Å²) in [4.78, 5) is 10.8. The normalized spacial score (nSPS) is 15.1. The summed E-state index contributed by atoms with van der Waals surface area (Å²) in [5.41, 5.74) is 9.34. The number of aromatic nitrogens is 1. The minimum atomic E-state index is 0.655. The molecule has 146 valence electrons. The number of anilines is 2. The Balaban J connectivity index is 1.30. The first-order chi connectivity index (χ1) is 13.7. The molecule has 0 amide bonds. The van der Waals surface area contributed by atoms with Gasteiger partial charge in [0.2, 0.25) is 0 Å². The second-order valence-electron chi connectivity index (χ2n) is 7.07. The topological polar surface area (TPSA) is 45.4 Å². The lowest BCUT2D eigenvalue weighted by atomic mass is 10.1. The SMILES string of the molecule is Nc1nc(-c2ccccc2)c(CCCN2CCN(c3ccccc3Cl)CC2)s1. The van der Waals surface area contributed by atoms with E-state index in [9.17, 15) is 0 Å². The molecule has 1 aromatic heterocycles. The van der Waals surface area contributed by atoms with E-state index in [1.54, 1.807) is 11.3 Å². The zero-order chi connectivity index (χ0) is 19.3. The number of nitrogen functional groups attached to an aromatic ring is 1. The van der Waals surface area contributed by atoms with E-state index in [0.29, 0.717) is 5.13 Å². The molecule has 3 aromatic rings. The molecule has 2 N–H and O–H groups in total. The van der Waals surface area contributed by atoms with E-state index in [-0.39, 0.29) is 0 Å². The van der Waals surface area contributed by atoms with Crippen LogP contribution in [0.4, 0.5) is 10.8 Å². The Hall–Kier alpha value is -2.08. The van der Waals surface area contributed by atoms with Gasteiger partial charge in [-0.1, -0.05) is 54.1 Å². The second-order valence-corrected chi connectivity index (χ2v) is 8.60. The van der Waals surface area contributed by atoms with Crippen molar-refractivity contribution in [3.63, 3.8) is 0 Å². The van der Waals surface area contributed by atoms with Crippen molar-refractivity contribution in [3.8, 4) is 11.3 Å².